The fourth-order valence-corrected chi connectivity index (χ4v) is 3.19. The zero-order chi connectivity index (χ0) is 14.5. The molecule has 0 spiro atoms. The van der Waals surface area contributed by atoms with Crippen LogP contribution in [-0.4, -0.2) is 18.6 Å². The lowest BCUT2D eigenvalue weighted by molar-refractivity contribution is 0.319. The summed E-state index contributed by atoms with van der Waals surface area (Å²) >= 11 is 1.77. The van der Waals surface area contributed by atoms with Crippen molar-refractivity contribution in [3.05, 3.63) is 44.9 Å². The molecule has 2 rings (SSSR count). The van der Waals surface area contributed by atoms with Crippen LogP contribution in [0.3, 0.4) is 0 Å². The predicted octanol–water partition coefficient (Wildman–Crippen LogP) is 3.41. The number of rotatable bonds is 6. The summed E-state index contributed by atoms with van der Waals surface area (Å²) in [4.78, 5) is 5.91. The van der Waals surface area contributed by atoms with Gasteiger partial charge in [-0.3, -0.25) is 0 Å². The van der Waals surface area contributed by atoms with Gasteiger partial charge in [0, 0.05) is 17.8 Å². The normalized spacial score (nSPS) is 10.8. The van der Waals surface area contributed by atoms with E-state index in [0.717, 1.165) is 29.4 Å². The second kappa shape index (κ2) is 6.86. The molecule has 0 aliphatic heterocycles. The first-order chi connectivity index (χ1) is 9.60. The number of nitrogens with zero attached hydrogens (tertiary/aromatic N) is 1. The van der Waals surface area contributed by atoms with Gasteiger partial charge in [-0.15, -0.1) is 11.3 Å². The van der Waals surface area contributed by atoms with E-state index in [4.69, 9.17) is 4.74 Å². The SMILES string of the molecule is CNCc1sc(CCOc2ccc(C)cc2C)nc1C. The number of ether oxygens (including phenoxy) is 1. The van der Waals surface area contributed by atoms with Crippen molar-refractivity contribution in [1.82, 2.24) is 10.3 Å². The lowest BCUT2D eigenvalue weighted by Gasteiger charge is -2.08. The summed E-state index contributed by atoms with van der Waals surface area (Å²) < 4.78 is 5.86. The third-order valence-electron chi connectivity index (χ3n) is 3.18. The van der Waals surface area contributed by atoms with Crippen molar-refractivity contribution in [3.63, 3.8) is 0 Å². The van der Waals surface area contributed by atoms with Gasteiger partial charge in [0.15, 0.2) is 0 Å². The van der Waals surface area contributed by atoms with Crippen LogP contribution in [0.5, 0.6) is 5.75 Å². The highest BCUT2D eigenvalue weighted by Gasteiger charge is 2.07. The Morgan fingerprint density at radius 3 is 2.75 bits per heavy atom. The largest absolute Gasteiger partial charge is 0.493 e. The third kappa shape index (κ3) is 3.81. The molecule has 0 fully saturated rings. The van der Waals surface area contributed by atoms with Gasteiger partial charge >= 0.3 is 0 Å². The van der Waals surface area contributed by atoms with Crippen molar-refractivity contribution in [1.29, 1.82) is 0 Å². The smallest absolute Gasteiger partial charge is 0.122 e. The van der Waals surface area contributed by atoms with Gasteiger partial charge in [-0.1, -0.05) is 17.7 Å². The molecular formula is C16H22N2OS. The Morgan fingerprint density at radius 1 is 1.25 bits per heavy atom. The molecule has 0 aliphatic rings. The van der Waals surface area contributed by atoms with Gasteiger partial charge in [-0.05, 0) is 39.4 Å². The highest BCUT2D eigenvalue weighted by atomic mass is 32.1. The molecule has 2 aromatic rings. The van der Waals surface area contributed by atoms with Crippen LogP contribution in [0.15, 0.2) is 18.2 Å². The molecular weight excluding hydrogens is 268 g/mol. The molecule has 0 saturated heterocycles. The second-order valence-electron chi connectivity index (χ2n) is 5.01. The van der Waals surface area contributed by atoms with Gasteiger partial charge in [-0.2, -0.15) is 0 Å². The molecule has 0 unspecified atom stereocenters. The fraction of sp³-hybridized carbons (Fsp3) is 0.438. The zero-order valence-electron chi connectivity index (χ0n) is 12.6. The third-order valence-corrected chi connectivity index (χ3v) is 4.40. The van der Waals surface area contributed by atoms with Gasteiger partial charge in [0.05, 0.1) is 17.3 Å². The van der Waals surface area contributed by atoms with E-state index in [2.05, 4.69) is 43.2 Å². The van der Waals surface area contributed by atoms with E-state index in [1.807, 2.05) is 13.1 Å². The lowest BCUT2D eigenvalue weighted by atomic mass is 10.1. The van der Waals surface area contributed by atoms with Crippen molar-refractivity contribution in [2.24, 2.45) is 0 Å². The Morgan fingerprint density at radius 2 is 2.05 bits per heavy atom. The Bertz CT molecular complexity index is 578. The quantitative estimate of drug-likeness (QED) is 0.885. The minimum atomic E-state index is 0.676. The van der Waals surface area contributed by atoms with E-state index in [1.165, 1.54) is 16.0 Å². The number of hydrogen-bond acceptors (Lipinski definition) is 4. The highest BCUT2D eigenvalue weighted by molar-refractivity contribution is 7.11. The Kier molecular flexibility index (Phi) is 5.15. The van der Waals surface area contributed by atoms with Crippen LogP contribution in [0.1, 0.15) is 26.7 Å². The predicted molar refractivity (Wildman–Crippen MR) is 84.7 cm³/mol. The summed E-state index contributed by atoms with van der Waals surface area (Å²) in [5.41, 5.74) is 3.59. The van der Waals surface area contributed by atoms with Gasteiger partial charge in [0.1, 0.15) is 5.75 Å². The van der Waals surface area contributed by atoms with Crippen molar-refractivity contribution in [2.75, 3.05) is 13.7 Å². The maximum Gasteiger partial charge on any atom is 0.122 e. The van der Waals surface area contributed by atoms with E-state index < -0.39 is 0 Å². The van der Waals surface area contributed by atoms with Crippen LogP contribution < -0.4 is 10.1 Å². The summed E-state index contributed by atoms with van der Waals surface area (Å²) in [6.45, 7) is 7.81. The van der Waals surface area contributed by atoms with Crippen molar-refractivity contribution in [2.45, 2.75) is 33.7 Å². The minimum absolute atomic E-state index is 0.676. The van der Waals surface area contributed by atoms with Gasteiger partial charge in [-0.25, -0.2) is 4.98 Å². The topological polar surface area (TPSA) is 34.1 Å². The number of hydrogen-bond donors (Lipinski definition) is 1. The van der Waals surface area contributed by atoms with E-state index in [9.17, 15) is 0 Å². The minimum Gasteiger partial charge on any atom is -0.493 e. The first-order valence-corrected chi connectivity index (χ1v) is 7.71. The standard InChI is InChI=1S/C16H22N2OS/c1-11-5-6-14(12(2)9-11)19-8-7-16-18-13(3)15(20-16)10-17-4/h5-6,9,17H,7-8,10H2,1-4H3. The van der Waals surface area contributed by atoms with Crippen LogP contribution in [0.2, 0.25) is 0 Å². The zero-order valence-corrected chi connectivity index (χ0v) is 13.4. The molecule has 0 radical (unpaired) electrons. The van der Waals surface area contributed by atoms with Crippen LogP contribution in [-0.2, 0) is 13.0 Å². The second-order valence-corrected chi connectivity index (χ2v) is 6.18. The maximum absolute atomic E-state index is 5.86. The van der Waals surface area contributed by atoms with Gasteiger partial charge in [0.25, 0.3) is 0 Å². The molecule has 20 heavy (non-hydrogen) atoms. The van der Waals surface area contributed by atoms with E-state index in [-0.39, 0.29) is 0 Å². The molecule has 0 bridgehead atoms. The Balaban J connectivity index is 1.91. The summed E-state index contributed by atoms with van der Waals surface area (Å²) in [5.74, 6) is 0.972. The number of thiazole rings is 1. The molecule has 1 aromatic carbocycles. The van der Waals surface area contributed by atoms with Gasteiger partial charge in [0.2, 0.25) is 0 Å². The molecule has 0 amide bonds. The molecule has 108 valence electrons. The summed E-state index contributed by atoms with van der Waals surface area (Å²) in [5, 5.41) is 4.32. The monoisotopic (exact) mass is 290 g/mol. The highest BCUT2D eigenvalue weighted by Crippen LogP contribution is 2.21. The number of benzene rings is 1. The van der Waals surface area contributed by atoms with Crippen molar-refractivity contribution >= 4 is 11.3 Å². The average Bonchev–Trinajstić information content (AvgIpc) is 2.73. The number of nitrogens with one attached hydrogen (secondary N) is 1. The number of aryl methyl sites for hydroxylation is 3. The lowest BCUT2D eigenvalue weighted by Crippen LogP contribution is -2.04. The molecule has 1 aromatic heterocycles. The van der Waals surface area contributed by atoms with Crippen molar-refractivity contribution < 1.29 is 4.74 Å². The van der Waals surface area contributed by atoms with Gasteiger partial charge < -0.3 is 10.1 Å². The Labute approximate surface area is 125 Å². The fourth-order valence-electron chi connectivity index (χ4n) is 2.13. The molecule has 4 heteroatoms. The molecule has 0 atom stereocenters. The Hall–Kier alpha value is -1.39. The van der Waals surface area contributed by atoms with Crippen molar-refractivity contribution in [3.8, 4) is 5.75 Å². The maximum atomic E-state index is 5.86. The van der Waals surface area contributed by atoms with E-state index >= 15 is 0 Å². The average molecular weight is 290 g/mol. The molecule has 0 saturated carbocycles. The summed E-state index contributed by atoms with van der Waals surface area (Å²) in [7, 11) is 1.96. The van der Waals surface area contributed by atoms with Crippen LogP contribution >= 0.6 is 11.3 Å². The molecule has 1 heterocycles. The molecule has 0 aliphatic carbocycles. The van der Waals surface area contributed by atoms with Crippen LogP contribution in [0, 0.1) is 20.8 Å². The number of aromatic nitrogens is 1. The summed E-state index contributed by atoms with van der Waals surface area (Å²) in [6.07, 6.45) is 0.864. The van der Waals surface area contributed by atoms with Crippen LogP contribution in [0.4, 0.5) is 0 Å². The molecule has 3 nitrogen and oxygen atoms in total. The summed E-state index contributed by atoms with van der Waals surface area (Å²) in [6, 6.07) is 6.28. The molecule has 1 N–H and O–H groups in total. The van der Waals surface area contributed by atoms with E-state index in [0.29, 0.717) is 6.61 Å². The van der Waals surface area contributed by atoms with Crippen LogP contribution in [0.25, 0.3) is 0 Å². The van der Waals surface area contributed by atoms with E-state index in [1.54, 1.807) is 11.3 Å². The first-order valence-electron chi connectivity index (χ1n) is 6.90. The first kappa shape index (κ1) is 15.0.